The molecule has 2 saturated heterocycles. The van der Waals surface area contributed by atoms with Gasteiger partial charge in [-0.3, -0.25) is 19.2 Å². The van der Waals surface area contributed by atoms with Gasteiger partial charge in [-0.15, -0.1) is 0 Å². The van der Waals surface area contributed by atoms with Gasteiger partial charge in [-0.25, -0.2) is 0 Å². The first-order valence-electron chi connectivity index (χ1n) is 21.0. The molecule has 0 unspecified atom stereocenters. The molecule has 10 heteroatoms. The fourth-order valence-corrected chi connectivity index (χ4v) is 7.88. The molecule has 0 radical (unpaired) electrons. The molecule has 0 saturated carbocycles. The van der Waals surface area contributed by atoms with E-state index >= 15 is 0 Å². The summed E-state index contributed by atoms with van der Waals surface area (Å²) in [6.45, 7) is 1.65. The molecule has 2 heterocycles. The Hall–Kier alpha value is -7.46. The third-order valence-electron chi connectivity index (χ3n) is 11.2. The quantitative estimate of drug-likeness (QED) is 0.106. The third-order valence-corrected chi connectivity index (χ3v) is 11.2. The van der Waals surface area contributed by atoms with E-state index < -0.39 is 12.1 Å². The van der Waals surface area contributed by atoms with Crippen LogP contribution in [0.3, 0.4) is 0 Å². The van der Waals surface area contributed by atoms with Crippen LogP contribution < -0.4 is 20.1 Å². The van der Waals surface area contributed by atoms with Crippen molar-refractivity contribution in [2.24, 2.45) is 0 Å². The molecule has 62 heavy (non-hydrogen) atoms. The molecule has 0 aliphatic carbocycles. The van der Waals surface area contributed by atoms with Crippen molar-refractivity contribution in [3.8, 4) is 11.5 Å². The van der Waals surface area contributed by atoms with E-state index in [1.165, 1.54) is 0 Å². The number of likely N-dealkylation sites (tertiary alicyclic amines) is 2. The number of rotatable bonds is 14. The lowest BCUT2D eigenvalue weighted by molar-refractivity contribution is -0.120. The highest BCUT2D eigenvalue weighted by atomic mass is 16.5. The Labute approximate surface area is 361 Å². The molecule has 2 fully saturated rings. The second-order valence-electron chi connectivity index (χ2n) is 15.4. The molecule has 2 aliphatic heterocycles. The van der Waals surface area contributed by atoms with E-state index in [0.29, 0.717) is 73.1 Å². The number of para-hydroxylation sites is 2. The van der Waals surface area contributed by atoms with E-state index in [-0.39, 0.29) is 23.6 Å². The predicted molar refractivity (Wildman–Crippen MR) is 242 cm³/mol. The van der Waals surface area contributed by atoms with E-state index in [9.17, 15) is 19.2 Å². The monoisotopic (exact) mass is 824 g/mol. The lowest BCUT2D eigenvalue weighted by atomic mass is 10.1. The zero-order valence-corrected chi connectivity index (χ0v) is 34.3. The molecule has 10 nitrogen and oxygen atoms in total. The van der Waals surface area contributed by atoms with Crippen LogP contribution in [-0.4, -0.2) is 58.6 Å². The van der Waals surface area contributed by atoms with Gasteiger partial charge in [0.05, 0.1) is 11.1 Å². The molecule has 6 aromatic rings. The van der Waals surface area contributed by atoms with Crippen molar-refractivity contribution in [2.75, 3.05) is 23.7 Å². The standard InChI is InChI=1S/C52H48N4O6/c57-49(45-19-11-33-55(45)51(59)43-17-7-9-21-47(43)61-35-39-13-3-1-4-14-39)53-41-29-25-37(26-30-41)23-24-38-27-31-42(32-28-38)54-50(58)46-20-12-34-56(46)52(60)44-18-8-10-22-48(44)62-36-40-15-5-2-6-16-40/h1-10,13-18,21-32,45-46H,11-12,19-20,33-36H2,(H,53,57)(H,54,58)/b24-23+/t45-,46-/m0/s1. The molecule has 8 rings (SSSR count). The molecule has 0 spiro atoms. The van der Waals surface area contributed by atoms with Gasteiger partial charge < -0.3 is 29.9 Å². The molecule has 2 N–H and O–H groups in total. The highest BCUT2D eigenvalue weighted by molar-refractivity contribution is 6.04. The summed E-state index contributed by atoms with van der Waals surface area (Å²) in [4.78, 5) is 57.8. The van der Waals surface area contributed by atoms with Gasteiger partial charge in [0.25, 0.3) is 11.8 Å². The second-order valence-corrected chi connectivity index (χ2v) is 15.4. The van der Waals surface area contributed by atoms with Crippen molar-refractivity contribution < 1.29 is 28.7 Å². The van der Waals surface area contributed by atoms with Gasteiger partial charge >= 0.3 is 0 Å². The van der Waals surface area contributed by atoms with Crippen LogP contribution in [0, 0.1) is 0 Å². The molecule has 0 bridgehead atoms. The summed E-state index contributed by atoms with van der Waals surface area (Å²) >= 11 is 0. The van der Waals surface area contributed by atoms with Crippen LogP contribution in [0.25, 0.3) is 12.2 Å². The number of nitrogens with zero attached hydrogens (tertiary/aromatic N) is 2. The third kappa shape index (κ3) is 10.1. The summed E-state index contributed by atoms with van der Waals surface area (Å²) < 4.78 is 12.1. The Morgan fingerprint density at radius 1 is 0.484 bits per heavy atom. The van der Waals surface area contributed by atoms with Crippen molar-refractivity contribution in [2.45, 2.75) is 51.0 Å². The maximum absolute atomic E-state index is 13.8. The average molecular weight is 825 g/mol. The fraction of sp³-hybridized carbons (Fsp3) is 0.192. The number of carbonyl (C=O) groups excluding carboxylic acids is 4. The number of anilines is 2. The first-order chi connectivity index (χ1) is 30.4. The van der Waals surface area contributed by atoms with Crippen molar-refractivity contribution >= 4 is 47.2 Å². The Balaban J connectivity index is 0.829. The number of benzene rings is 6. The number of hydrogen-bond donors (Lipinski definition) is 2. The second kappa shape index (κ2) is 19.7. The lowest BCUT2D eigenvalue weighted by Gasteiger charge is -2.25. The van der Waals surface area contributed by atoms with Gasteiger partial charge in [-0.2, -0.15) is 0 Å². The topological polar surface area (TPSA) is 117 Å². The van der Waals surface area contributed by atoms with E-state index in [4.69, 9.17) is 9.47 Å². The summed E-state index contributed by atoms with van der Waals surface area (Å²) in [6, 6.07) is 47.8. The maximum atomic E-state index is 13.8. The van der Waals surface area contributed by atoms with Gasteiger partial charge in [0.15, 0.2) is 0 Å². The van der Waals surface area contributed by atoms with Crippen molar-refractivity contribution in [3.63, 3.8) is 0 Å². The molecular formula is C52H48N4O6. The molecule has 312 valence electrons. The minimum absolute atomic E-state index is 0.224. The highest BCUT2D eigenvalue weighted by Gasteiger charge is 2.37. The minimum Gasteiger partial charge on any atom is -0.488 e. The van der Waals surface area contributed by atoms with Crippen LogP contribution in [-0.2, 0) is 22.8 Å². The van der Waals surface area contributed by atoms with E-state index in [1.54, 1.807) is 46.2 Å². The van der Waals surface area contributed by atoms with Crippen LogP contribution in [0.2, 0.25) is 0 Å². The number of carbonyl (C=O) groups is 4. The molecular weight excluding hydrogens is 777 g/mol. The number of nitrogens with one attached hydrogen (secondary N) is 2. The van der Waals surface area contributed by atoms with Crippen molar-refractivity contribution in [1.82, 2.24) is 9.80 Å². The minimum atomic E-state index is -0.593. The van der Waals surface area contributed by atoms with Crippen LogP contribution in [0.5, 0.6) is 11.5 Å². The summed E-state index contributed by atoms with van der Waals surface area (Å²) in [5.74, 6) is 0.0779. The van der Waals surface area contributed by atoms with Gasteiger partial charge in [-0.1, -0.05) is 121 Å². The number of hydrogen-bond acceptors (Lipinski definition) is 6. The van der Waals surface area contributed by atoms with Gasteiger partial charge in [0, 0.05) is 24.5 Å². The average Bonchev–Trinajstić information content (AvgIpc) is 4.03. The Morgan fingerprint density at radius 2 is 0.855 bits per heavy atom. The number of amides is 4. The predicted octanol–water partition coefficient (Wildman–Crippen LogP) is 9.50. The van der Waals surface area contributed by atoms with E-state index in [0.717, 1.165) is 35.1 Å². The summed E-state index contributed by atoms with van der Waals surface area (Å²) in [7, 11) is 0. The first-order valence-corrected chi connectivity index (χ1v) is 21.0. The first kappa shape index (κ1) is 41.3. The van der Waals surface area contributed by atoms with Gasteiger partial charge in [-0.05, 0) is 96.5 Å². The summed E-state index contributed by atoms with van der Waals surface area (Å²) in [6.07, 6.45) is 6.56. The fourth-order valence-electron chi connectivity index (χ4n) is 7.88. The normalized spacial score (nSPS) is 15.9. The van der Waals surface area contributed by atoms with Crippen LogP contribution in [0.15, 0.2) is 158 Å². The summed E-state index contributed by atoms with van der Waals surface area (Å²) in [5, 5.41) is 6.01. The van der Waals surface area contributed by atoms with Crippen LogP contribution >= 0.6 is 0 Å². The van der Waals surface area contributed by atoms with Crippen LogP contribution in [0.1, 0.15) is 68.7 Å². The van der Waals surface area contributed by atoms with Crippen molar-refractivity contribution in [3.05, 3.63) is 191 Å². The van der Waals surface area contributed by atoms with Crippen molar-refractivity contribution in [1.29, 1.82) is 0 Å². The van der Waals surface area contributed by atoms with E-state index in [1.807, 2.05) is 133 Å². The molecule has 4 amide bonds. The zero-order valence-electron chi connectivity index (χ0n) is 34.3. The molecule has 2 aliphatic rings. The zero-order chi connectivity index (χ0) is 42.7. The van der Waals surface area contributed by atoms with Gasteiger partial charge in [0.2, 0.25) is 11.8 Å². The SMILES string of the molecule is O=C(Nc1ccc(/C=C/c2ccc(NC(=O)[C@@H]3CCCN3C(=O)c3ccccc3OCc3ccccc3)cc2)cc1)[C@@H]1CCCN1C(=O)c1ccccc1OCc1ccccc1. The highest BCUT2D eigenvalue weighted by Crippen LogP contribution is 2.29. The largest absolute Gasteiger partial charge is 0.488 e. The lowest BCUT2D eigenvalue weighted by Crippen LogP contribution is -2.43. The molecule has 2 atom stereocenters. The smallest absolute Gasteiger partial charge is 0.258 e. The van der Waals surface area contributed by atoms with E-state index in [2.05, 4.69) is 10.6 Å². The summed E-state index contributed by atoms with van der Waals surface area (Å²) in [5.41, 5.74) is 6.02. The Bertz CT molecular complexity index is 2350. The van der Waals surface area contributed by atoms with Crippen LogP contribution in [0.4, 0.5) is 11.4 Å². The molecule has 0 aromatic heterocycles. The Kier molecular flexibility index (Phi) is 13.1. The van der Waals surface area contributed by atoms with Gasteiger partial charge in [0.1, 0.15) is 36.8 Å². The Morgan fingerprint density at radius 3 is 1.26 bits per heavy atom. The maximum Gasteiger partial charge on any atom is 0.258 e. The molecule has 6 aromatic carbocycles. The number of ether oxygens (including phenoxy) is 2.